The molecule has 2 aromatic rings. The number of amides is 2. The predicted molar refractivity (Wildman–Crippen MR) is 86.2 cm³/mol. The molecule has 0 aliphatic rings. The molecule has 0 bridgehead atoms. The van der Waals surface area contributed by atoms with Crippen LogP contribution in [0.2, 0.25) is 0 Å². The quantitative estimate of drug-likeness (QED) is 0.701. The van der Waals surface area contributed by atoms with Gasteiger partial charge in [-0.1, -0.05) is 0 Å². The van der Waals surface area contributed by atoms with Gasteiger partial charge in [-0.25, -0.2) is 0 Å². The number of carbonyl (C=O) groups is 2. The van der Waals surface area contributed by atoms with Crippen LogP contribution in [0.4, 0.5) is 5.69 Å². The minimum atomic E-state index is -0.494. The zero-order valence-electron chi connectivity index (χ0n) is 10.1. The number of rotatable bonds is 4. The molecule has 6 nitrogen and oxygen atoms in total. The fraction of sp³-hybridized carbons (Fsp3) is 0.0833. The number of primary amides is 1. The van der Waals surface area contributed by atoms with E-state index in [1.54, 1.807) is 12.3 Å². The molecular weight excluding hydrogens is 439 g/mol. The first-order valence-corrected chi connectivity index (χ1v) is 7.40. The molecule has 1 aromatic heterocycles. The molecule has 3 N–H and O–H groups in total. The third-order valence-corrected chi connectivity index (χ3v) is 3.74. The normalized spacial score (nSPS) is 10.3. The molecule has 8 heteroatoms. The number of carbonyl (C=O) groups excluding carboxylic acids is 2. The lowest BCUT2D eigenvalue weighted by Gasteiger charge is -2.05. The van der Waals surface area contributed by atoms with Crippen molar-refractivity contribution in [2.24, 2.45) is 5.73 Å². The van der Waals surface area contributed by atoms with E-state index in [1.165, 1.54) is 10.9 Å². The molecule has 2 rings (SSSR count). The Morgan fingerprint density at radius 1 is 1.45 bits per heavy atom. The largest absolute Gasteiger partial charge is 0.368 e. The van der Waals surface area contributed by atoms with E-state index < -0.39 is 5.91 Å². The monoisotopic (exact) mass is 448 g/mol. The van der Waals surface area contributed by atoms with Crippen LogP contribution in [0.15, 0.2) is 35.1 Å². The second-order valence-electron chi connectivity index (χ2n) is 3.97. The Morgan fingerprint density at radius 3 is 2.90 bits per heavy atom. The highest BCUT2D eigenvalue weighted by atomic mass is 127. The van der Waals surface area contributed by atoms with E-state index in [0.717, 1.165) is 3.57 Å². The van der Waals surface area contributed by atoms with Crippen molar-refractivity contribution >= 4 is 56.0 Å². The van der Waals surface area contributed by atoms with Gasteiger partial charge >= 0.3 is 0 Å². The SMILES string of the molecule is NC(=O)Cn1cc(NC(=O)c2cc(I)ccc2Br)cn1. The summed E-state index contributed by atoms with van der Waals surface area (Å²) in [5.74, 6) is -0.750. The molecule has 0 saturated carbocycles. The van der Waals surface area contributed by atoms with Gasteiger partial charge in [0.25, 0.3) is 5.91 Å². The van der Waals surface area contributed by atoms with Gasteiger partial charge in [-0.2, -0.15) is 5.10 Å². The summed E-state index contributed by atoms with van der Waals surface area (Å²) in [6.07, 6.45) is 3.01. The van der Waals surface area contributed by atoms with E-state index in [2.05, 4.69) is 48.9 Å². The van der Waals surface area contributed by atoms with Gasteiger partial charge in [0, 0.05) is 14.2 Å². The zero-order valence-corrected chi connectivity index (χ0v) is 13.9. The van der Waals surface area contributed by atoms with E-state index >= 15 is 0 Å². The van der Waals surface area contributed by atoms with E-state index in [4.69, 9.17) is 5.73 Å². The van der Waals surface area contributed by atoms with Crippen LogP contribution in [-0.4, -0.2) is 21.6 Å². The van der Waals surface area contributed by atoms with Crippen molar-refractivity contribution in [3.63, 3.8) is 0 Å². The van der Waals surface area contributed by atoms with Crippen LogP contribution in [0, 0.1) is 3.57 Å². The summed E-state index contributed by atoms with van der Waals surface area (Å²) in [5.41, 5.74) is 6.10. The van der Waals surface area contributed by atoms with Crippen molar-refractivity contribution in [2.75, 3.05) is 5.32 Å². The topological polar surface area (TPSA) is 90.0 Å². The molecule has 2 amide bonds. The van der Waals surface area contributed by atoms with Crippen molar-refractivity contribution in [1.82, 2.24) is 9.78 Å². The summed E-state index contributed by atoms with van der Waals surface area (Å²) < 4.78 is 3.03. The number of benzene rings is 1. The molecule has 1 heterocycles. The molecule has 0 aliphatic carbocycles. The summed E-state index contributed by atoms with van der Waals surface area (Å²) in [7, 11) is 0. The van der Waals surface area contributed by atoms with E-state index in [9.17, 15) is 9.59 Å². The van der Waals surface area contributed by atoms with Gasteiger partial charge in [-0.15, -0.1) is 0 Å². The Labute approximate surface area is 137 Å². The maximum absolute atomic E-state index is 12.1. The van der Waals surface area contributed by atoms with Crippen LogP contribution in [-0.2, 0) is 11.3 Å². The van der Waals surface area contributed by atoms with Gasteiger partial charge in [0.05, 0.1) is 17.4 Å². The minimum Gasteiger partial charge on any atom is -0.368 e. The number of nitrogens with zero attached hydrogens (tertiary/aromatic N) is 2. The number of anilines is 1. The number of nitrogens with one attached hydrogen (secondary N) is 1. The van der Waals surface area contributed by atoms with Gasteiger partial charge in [0.2, 0.25) is 5.91 Å². The highest BCUT2D eigenvalue weighted by Crippen LogP contribution is 2.20. The third kappa shape index (κ3) is 3.79. The second-order valence-corrected chi connectivity index (χ2v) is 6.07. The standard InChI is InChI=1S/C12H10BrIN4O2/c13-10-2-1-7(14)3-9(10)12(20)17-8-4-16-18(5-8)6-11(15)19/h1-5H,6H2,(H2,15,19)(H,17,20). The molecule has 0 fully saturated rings. The van der Waals surface area contributed by atoms with Crippen LogP contribution in [0.5, 0.6) is 0 Å². The summed E-state index contributed by atoms with van der Waals surface area (Å²) in [5, 5.41) is 6.64. The van der Waals surface area contributed by atoms with Gasteiger partial charge in [-0.05, 0) is 56.7 Å². The highest BCUT2D eigenvalue weighted by Gasteiger charge is 2.12. The highest BCUT2D eigenvalue weighted by molar-refractivity contribution is 14.1. The summed E-state index contributed by atoms with van der Waals surface area (Å²) >= 11 is 5.47. The molecule has 0 atom stereocenters. The van der Waals surface area contributed by atoms with Crippen LogP contribution in [0.1, 0.15) is 10.4 Å². The average Bonchev–Trinajstić information content (AvgIpc) is 2.78. The van der Waals surface area contributed by atoms with Gasteiger partial charge in [0.1, 0.15) is 6.54 Å². The molecule has 0 spiro atoms. The Balaban J connectivity index is 2.13. The summed E-state index contributed by atoms with van der Waals surface area (Å²) in [4.78, 5) is 22.9. The third-order valence-electron chi connectivity index (χ3n) is 2.38. The maximum Gasteiger partial charge on any atom is 0.256 e. The summed E-state index contributed by atoms with van der Waals surface area (Å²) in [6, 6.07) is 5.48. The van der Waals surface area contributed by atoms with Crippen molar-refractivity contribution in [3.8, 4) is 0 Å². The van der Waals surface area contributed by atoms with E-state index in [1.807, 2.05) is 12.1 Å². The lowest BCUT2D eigenvalue weighted by molar-refractivity contribution is -0.118. The van der Waals surface area contributed by atoms with Crippen LogP contribution in [0.3, 0.4) is 0 Å². The Kier molecular flexibility index (Phi) is 4.76. The summed E-state index contributed by atoms with van der Waals surface area (Å²) in [6.45, 7) is -0.0250. The molecule has 0 radical (unpaired) electrons. The smallest absolute Gasteiger partial charge is 0.256 e. The predicted octanol–water partition coefficient (Wildman–Crippen LogP) is 1.99. The second kappa shape index (κ2) is 6.35. The van der Waals surface area contributed by atoms with Crippen molar-refractivity contribution in [3.05, 3.63) is 44.2 Å². The average molecular weight is 449 g/mol. The first-order chi connectivity index (χ1) is 9.45. The molecule has 0 unspecified atom stereocenters. The number of hydrogen-bond acceptors (Lipinski definition) is 3. The number of halogens is 2. The maximum atomic E-state index is 12.1. The van der Waals surface area contributed by atoms with Crippen molar-refractivity contribution < 1.29 is 9.59 Å². The van der Waals surface area contributed by atoms with Gasteiger partial charge in [0.15, 0.2) is 0 Å². The molecule has 0 aliphatic heterocycles. The molecule has 20 heavy (non-hydrogen) atoms. The van der Waals surface area contributed by atoms with Crippen LogP contribution >= 0.6 is 38.5 Å². The first kappa shape index (κ1) is 15.0. The van der Waals surface area contributed by atoms with Gasteiger partial charge in [-0.3, -0.25) is 14.3 Å². The number of hydrogen-bond donors (Lipinski definition) is 2. The molecule has 104 valence electrons. The lowest BCUT2D eigenvalue weighted by Crippen LogP contribution is -2.18. The Morgan fingerprint density at radius 2 is 2.20 bits per heavy atom. The van der Waals surface area contributed by atoms with Crippen LogP contribution < -0.4 is 11.1 Å². The van der Waals surface area contributed by atoms with E-state index in [-0.39, 0.29) is 12.5 Å². The first-order valence-electron chi connectivity index (χ1n) is 5.53. The Bertz CT molecular complexity index is 671. The molecular formula is C12H10BrIN4O2. The van der Waals surface area contributed by atoms with Crippen molar-refractivity contribution in [2.45, 2.75) is 6.54 Å². The minimum absolute atomic E-state index is 0.0250. The lowest BCUT2D eigenvalue weighted by atomic mass is 10.2. The number of nitrogens with two attached hydrogens (primary N) is 1. The fourth-order valence-electron chi connectivity index (χ4n) is 1.54. The van der Waals surface area contributed by atoms with Crippen LogP contribution in [0.25, 0.3) is 0 Å². The zero-order chi connectivity index (χ0) is 14.7. The van der Waals surface area contributed by atoms with Gasteiger partial charge < -0.3 is 11.1 Å². The number of aromatic nitrogens is 2. The Hall–Kier alpha value is -1.42. The molecule has 1 aromatic carbocycles. The van der Waals surface area contributed by atoms with E-state index in [0.29, 0.717) is 15.7 Å². The fourth-order valence-corrected chi connectivity index (χ4v) is 2.46. The van der Waals surface area contributed by atoms with Crippen molar-refractivity contribution in [1.29, 1.82) is 0 Å². The molecule has 0 saturated heterocycles.